The number of halogens is 1. The number of hydrogen-bond acceptors (Lipinski definition) is 3. The van der Waals surface area contributed by atoms with E-state index in [-0.39, 0.29) is 0 Å². The van der Waals surface area contributed by atoms with Gasteiger partial charge in [-0.2, -0.15) is 5.10 Å². The number of aromatic nitrogens is 3. The molecule has 0 fully saturated rings. The van der Waals surface area contributed by atoms with Gasteiger partial charge in [-0.15, -0.1) is 0 Å². The first-order valence-corrected chi connectivity index (χ1v) is 7.08. The van der Waals surface area contributed by atoms with Crippen molar-refractivity contribution in [2.24, 2.45) is 12.0 Å². The maximum absolute atomic E-state index is 5.96. The number of benzene rings is 1. The second kappa shape index (κ2) is 7.64. The molecule has 6 nitrogen and oxygen atoms in total. The smallest absolute Gasteiger partial charge is 0.191 e. The highest BCUT2D eigenvalue weighted by Crippen LogP contribution is 2.10. The first kappa shape index (κ1) is 15.3. The Balaban J connectivity index is 1.77. The van der Waals surface area contributed by atoms with Gasteiger partial charge >= 0.3 is 0 Å². The van der Waals surface area contributed by atoms with Crippen LogP contribution in [0.1, 0.15) is 11.4 Å². The molecule has 0 atom stereocenters. The van der Waals surface area contributed by atoms with E-state index < -0.39 is 0 Å². The van der Waals surface area contributed by atoms with Crippen LogP contribution in [0.3, 0.4) is 0 Å². The zero-order chi connectivity index (χ0) is 15.1. The van der Waals surface area contributed by atoms with E-state index in [9.17, 15) is 0 Å². The van der Waals surface area contributed by atoms with Crippen molar-refractivity contribution in [3.05, 3.63) is 47.0 Å². The molecule has 21 heavy (non-hydrogen) atoms. The molecule has 0 aliphatic carbocycles. The van der Waals surface area contributed by atoms with Crippen molar-refractivity contribution in [1.29, 1.82) is 0 Å². The average molecular weight is 307 g/mol. The summed E-state index contributed by atoms with van der Waals surface area (Å²) < 4.78 is 1.73. The predicted molar refractivity (Wildman–Crippen MR) is 84.4 cm³/mol. The van der Waals surface area contributed by atoms with Crippen LogP contribution < -0.4 is 10.6 Å². The first-order chi connectivity index (χ1) is 10.2. The van der Waals surface area contributed by atoms with E-state index in [4.69, 9.17) is 11.6 Å². The summed E-state index contributed by atoms with van der Waals surface area (Å²) in [6, 6.07) is 7.86. The van der Waals surface area contributed by atoms with Crippen molar-refractivity contribution in [2.75, 3.05) is 13.6 Å². The second-order valence-electron chi connectivity index (χ2n) is 4.53. The molecule has 1 aromatic heterocycles. The quantitative estimate of drug-likeness (QED) is 0.647. The van der Waals surface area contributed by atoms with Crippen LogP contribution in [0.15, 0.2) is 35.6 Å². The summed E-state index contributed by atoms with van der Waals surface area (Å²) in [7, 11) is 3.60. The summed E-state index contributed by atoms with van der Waals surface area (Å²) in [4.78, 5) is 8.33. The molecule has 0 bridgehead atoms. The summed E-state index contributed by atoms with van der Waals surface area (Å²) in [5.41, 5.74) is 1.19. The Hall–Kier alpha value is -2.08. The molecule has 1 heterocycles. The number of nitrogens with one attached hydrogen (secondary N) is 2. The number of guanidine groups is 1. The number of rotatable bonds is 5. The molecule has 0 saturated carbocycles. The van der Waals surface area contributed by atoms with Crippen LogP contribution in [0.5, 0.6) is 0 Å². The van der Waals surface area contributed by atoms with E-state index in [0.29, 0.717) is 6.54 Å². The van der Waals surface area contributed by atoms with Crippen LogP contribution in [-0.4, -0.2) is 34.3 Å². The van der Waals surface area contributed by atoms with E-state index in [0.717, 1.165) is 29.8 Å². The van der Waals surface area contributed by atoms with Gasteiger partial charge in [-0.1, -0.05) is 23.7 Å². The molecule has 0 spiro atoms. The monoisotopic (exact) mass is 306 g/mol. The largest absolute Gasteiger partial charge is 0.356 e. The average Bonchev–Trinajstić information content (AvgIpc) is 2.88. The van der Waals surface area contributed by atoms with E-state index in [1.807, 2.05) is 25.2 Å². The predicted octanol–water partition coefficient (Wildman–Crippen LogP) is 1.38. The normalized spacial score (nSPS) is 11.5. The topological polar surface area (TPSA) is 67.1 Å². The van der Waals surface area contributed by atoms with Crippen molar-refractivity contribution in [3.63, 3.8) is 0 Å². The number of aryl methyl sites for hydroxylation is 1. The minimum Gasteiger partial charge on any atom is -0.356 e. The highest BCUT2D eigenvalue weighted by molar-refractivity contribution is 6.30. The Bertz CT molecular complexity index is 607. The lowest BCUT2D eigenvalue weighted by molar-refractivity contribution is 0.672. The summed E-state index contributed by atoms with van der Waals surface area (Å²) >= 11 is 5.96. The van der Waals surface area contributed by atoms with Gasteiger partial charge in [-0.05, 0) is 24.1 Å². The Morgan fingerprint density at radius 3 is 2.90 bits per heavy atom. The molecule has 0 radical (unpaired) electrons. The molecule has 0 aliphatic rings. The number of nitrogens with zero attached hydrogens (tertiary/aromatic N) is 4. The van der Waals surface area contributed by atoms with Gasteiger partial charge in [0.25, 0.3) is 0 Å². The lowest BCUT2D eigenvalue weighted by atomic mass is 10.1. The molecule has 2 aromatic rings. The van der Waals surface area contributed by atoms with Crippen LogP contribution >= 0.6 is 11.6 Å². The molecule has 112 valence electrons. The van der Waals surface area contributed by atoms with Crippen molar-refractivity contribution >= 4 is 17.6 Å². The molecular formula is C14H19ClN6. The second-order valence-corrected chi connectivity index (χ2v) is 4.97. The minimum atomic E-state index is 0.577. The van der Waals surface area contributed by atoms with Crippen molar-refractivity contribution < 1.29 is 0 Å². The third-order valence-electron chi connectivity index (χ3n) is 3.04. The summed E-state index contributed by atoms with van der Waals surface area (Å²) in [6.07, 6.45) is 2.41. The van der Waals surface area contributed by atoms with Gasteiger partial charge in [0.1, 0.15) is 12.2 Å². The molecule has 0 saturated heterocycles. The van der Waals surface area contributed by atoms with E-state index in [2.05, 4.69) is 31.8 Å². The fourth-order valence-electron chi connectivity index (χ4n) is 1.88. The maximum atomic E-state index is 5.96. The van der Waals surface area contributed by atoms with Crippen molar-refractivity contribution in [3.8, 4) is 0 Å². The molecule has 2 rings (SSSR count). The van der Waals surface area contributed by atoms with Gasteiger partial charge in [0.05, 0.1) is 6.54 Å². The summed E-state index contributed by atoms with van der Waals surface area (Å²) in [5, 5.41) is 11.2. The Labute approximate surface area is 129 Å². The van der Waals surface area contributed by atoms with Crippen molar-refractivity contribution in [2.45, 2.75) is 13.0 Å². The Morgan fingerprint density at radius 1 is 1.38 bits per heavy atom. The molecule has 7 heteroatoms. The van der Waals surface area contributed by atoms with Gasteiger partial charge < -0.3 is 10.6 Å². The van der Waals surface area contributed by atoms with E-state index in [1.165, 1.54) is 11.9 Å². The van der Waals surface area contributed by atoms with Crippen molar-refractivity contribution in [1.82, 2.24) is 25.4 Å². The standard InChI is InChI=1S/C14H19ClN6/c1-16-14(18-9-13-19-10-20-21(13)2)17-7-6-11-4-3-5-12(15)8-11/h3-5,8,10H,6-7,9H2,1-2H3,(H2,16,17,18). The lowest BCUT2D eigenvalue weighted by Gasteiger charge is -2.11. The molecule has 0 amide bonds. The maximum Gasteiger partial charge on any atom is 0.191 e. The van der Waals surface area contributed by atoms with Gasteiger partial charge in [-0.25, -0.2) is 4.98 Å². The molecule has 2 N–H and O–H groups in total. The van der Waals surface area contributed by atoms with Crippen LogP contribution in [0.2, 0.25) is 5.02 Å². The summed E-state index contributed by atoms with van der Waals surface area (Å²) in [5.74, 6) is 1.59. The van der Waals surface area contributed by atoms with Gasteiger partial charge in [0.15, 0.2) is 5.96 Å². The molecule has 0 aliphatic heterocycles. The number of aliphatic imine (C=N–C) groups is 1. The fraction of sp³-hybridized carbons (Fsp3) is 0.357. The Morgan fingerprint density at radius 2 is 2.24 bits per heavy atom. The highest BCUT2D eigenvalue weighted by atomic mass is 35.5. The van der Waals surface area contributed by atoms with Gasteiger partial charge in [0, 0.05) is 25.7 Å². The first-order valence-electron chi connectivity index (χ1n) is 6.71. The van der Waals surface area contributed by atoms with Crippen LogP contribution in [0.25, 0.3) is 0 Å². The zero-order valence-electron chi connectivity index (χ0n) is 12.2. The van der Waals surface area contributed by atoms with Crippen LogP contribution in [-0.2, 0) is 20.0 Å². The van der Waals surface area contributed by atoms with Crippen LogP contribution in [0, 0.1) is 0 Å². The molecule has 1 aromatic carbocycles. The number of hydrogen-bond donors (Lipinski definition) is 2. The third-order valence-corrected chi connectivity index (χ3v) is 3.27. The van der Waals surface area contributed by atoms with Crippen LogP contribution in [0.4, 0.5) is 0 Å². The Kier molecular flexibility index (Phi) is 5.57. The summed E-state index contributed by atoms with van der Waals surface area (Å²) in [6.45, 7) is 1.35. The van der Waals surface area contributed by atoms with Gasteiger partial charge in [0.2, 0.25) is 0 Å². The third kappa shape index (κ3) is 4.75. The SMILES string of the molecule is CN=C(NCCc1cccc(Cl)c1)NCc1ncnn1C. The lowest BCUT2D eigenvalue weighted by Crippen LogP contribution is -2.38. The van der Waals surface area contributed by atoms with E-state index in [1.54, 1.807) is 11.7 Å². The zero-order valence-corrected chi connectivity index (χ0v) is 12.9. The van der Waals surface area contributed by atoms with Gasteiger partial charge in [-0.3, -0.25) is 9.67 Å². The molecular weight excluding hydrogens is 288 g/mol. The molecule has 0 unspecified atom stereocenters. The highest BCUT2D eigenvalue weighted by Gasteiger charge is 2.02. The minimum absolute atomic E-state index is 0.577. The fourth-order valence-corrected chi connectivity index (χ4v) is 2.09. The van der Waals surface area contributed by atoms with E-state index >= 15 is 0 Å².